The lowest BCUT2D eigenvalue weighted by molar-refractivity contribution is 0.894. The van der Waals surface area contributed by atoms with E-state index >= 15 is 0 Å². The van der Waals surface area contributed by atoms with Crippen molar-refractivity contribution in [1.82, 2.24) is 0 Å². The van der Waals surface area contributed by atoms with E-state index < -0.39 is 0 Å². The molecule has 1 aliphatic heterocycles. The molecule has 2 heteroatoms. The number of hydrogen-bond donors (Lipinski definition) is 0. The second-order valence-corrected chi connectivity index (χ2v) is 4.97. The fourth-order valence-electron chi connectivity index (χ4n) is 1.32. The third-order valence-corrected chi connectivity index (χ3v) is 4.28. The van der Waals surface area contributed by atoms with Crippen molar-refractivity contribution in [3.8, 4) is 0 Å². The smallest absolute Gasteiger partial charge is 0.0712 e. The Morgan fingerprint density at radius 2 is 1.67 bits per heavy atom. The Kier molecular flexibility index (Phi) is 3.01. The summed E-state index contributed by atoms with van der Waals surface area (Å²) in [6.45, 7) is 0. The molecule has 0 N–H and O–H groups in total. The van der Waals surface area contributed by atoms with E-state index in [1.54, 1.807) is 0 Å². The first-order valence-corrected chi connectivity index (χ1v) is 6.16. The maximum absolute atomic E-state index is 2.25. The normalized spacial score (nSPS) is 19.3. The van der Waals surface area contributed by atoms with E-state index in [0.717, 1.165) is 5.92 Å². The van der Waals surface area contributed by atoms with Gasteiger partial charge in [-0.25, -0.2) is 0 Å². The first-order valence-electron chi connectivity index (χ1n) is 4.06. The van der Waals surface area contributed by atoms with Gasteiger partial charge in [-0.1, -0.05) is 30.3 Å². The SMILES string of the molecule is [CH]1SCC(c2ccccc2)CS1. The molecule has 0 spiro atoms. The van der Waals surface area contributed by atoms with Crippen molar-refractivity contribution in [3.05, 3.63) is 41.0 Å². The molecule has 0 aliphatic carbocycles. The van der Waals surface area contributed by atoms with Gasteiger partial charge in [0.05, 0.1) is 5.08 Å². The molecule has 0 bridgehead atoms. The topological polar surface area (TPSA) is 0 Å². The van der Waals surface area contributed by atoms with E-state index in [-0.39, 0.29) is 0 Å². The van der Waals surface area contributed by atoms with Gasteiger partial charge in [0.25, 0.3) is 0 Å². The van der Waals surface area contributed by atoms with E-state index in [1.807, 2.05) is 23.5 Å². The average Bonchev–Trinajstić information content (AvgIpc) is 2.21. The lowest BCUT2D eigenvalue weighted by Crippen LogP contribution is -2.07. The maximum Gasteiger partial charge on any atom is 0.0712 e. The minimum absolute atomic E-state index is 0.756. The summed E-state index contributed by atoms with van der Waals surface area (Å²) in [5.74, 6) is 3.25. The molecule has 0 unspecified atom stereocenters. The lowest BCUT2D eigenvalue weighted by atomic mass is 10.0. The van der Waals surface area contributed by atoms with Crippen LogP contribution in [0.15, 0.2) is 30.3 Å². The molecule has 0 saturated carbocycles. The van der Waals surface area contributed by atoms with Crippen molar-refractivity contribution in [2.45, 2.75) is 5.92 Å². The Bertz CT molecular complexity index is 227. The third kappa shape index (κ3) is 1.99. The molecule has 0 aromatic heterocycles. The predicted octanol–water partition coefficient (Wildman–Crippen LogP) is 3.37. The van der Waals surface area contributed by atoms with Gasteiger partial charge in [-0.05, 0) is 5.56 Å². The quantitative estimate of drug-likeness (QED) is 0.674. The van der Waals surface area contributed by atoms with Crippen LogP contribution in [-0.2, 0) is 0 Å². The van der Waals surface area contributed by atoms with E-state index in [4.69, 9.17) is 0 Å². The highest BCUT2D eigenvalue weighted by Crippen LogP contribution is 2.35. The van der Waals surface area contributed by atoms with Crippen LogP contribution in [0.2, 0.25) is 0 Å². The molecule has 1 radical (unpaired) electrons. The number of rotatable bonds is 1. The van der Waals surface area contributed by atoms with Crippen LogP contribution in [0.1, 0.15) is 11.5 Å². The first-order chi connectivity index (χ1) is 5.97. The molecule has 63 valence electrons. The van der Waals surface area contributed by atoms with Gasteiger partial charge in [0.15, 0.2) is 0 Å². The van der Waals surface area contributed by atoms with Crippen LogP contribution >= 0.6 is 23.5 Å². The Morgan fingerprint density at radius 3 is 2.33 bits per heavy atom. The van der Waals surface area contributed by atoms with E-state index in [0.29, 0.717) is 0 Å². The highest BCUT2D eigenvalue weighted by Gasteiger charge is 2.15. The van der Waals surface area contributed by atoms with Crippen molar-refractivity contribution >= 4 is 23.5 Å². The van der Waals surface area contributed by atoms with Crippen LogP contribution in [0.4, 0.5) is 0 Å². The van der Waals surface area contributed by atoms with Gasteiger partial charge < -0.3 is 0 Å². The monoisotopic (exact) mass is 195 g/mol. The second-order valence-electron chi connectivity index (χ2n) is 2.87. The van der Waals surface area contributed by atoms with Gasteiger partial charge in [-0.15, -0.1) is 23.5 Å². The van der Waals surface area contributed by atoms with Gasteiger partial charge >= 0.3 is 0 Å². The van der Waals surface area contributed by atoms with Crippen LogP contribution in [0.5, 0.6) is 0 Å². The van der Waals surface area contributed by atoms with E-state index in [2.05, 4.69) is 35.4 Å². The summed E-state index contributed by atoms with van der Waals surface area (Å²) < 4.78 is 0. The average molecular weight is 195 g/mol. The van der Waals surface area contributed by atoms with E-state index in [9.17, 15) is 0 Å². The Morgan fingerprint density at radius 1 is 1.00 bits per heavy atom. The number of hydrogen-bond acceptors (Lipinski definition) is 2. The van der Waals surface area contributed by atoms with Crippen molar-refractivity contribution in [2.75, 3.05) is 11.5 Å². The molecule has 1 fully saturated rings. The molecule has 1 aromatic carbocycles. The molecule has 2 rings (SSSR count). The van der Waals surface area contributed by atoms with Gasteiger partial charge in [-0.3, -0.25) is 0 Å². The minimum Gasteiger partial charge on any atom is -0.145 e. The van der Waals surface area contributed by atoms with Crippen molar-refractivity contribution in [3.63, 3.8) is 0 Å². The molecule has 1 aromatic rings. The zero-order valence-corrected chi connectivity index (χ0v) is 8.41. The Hall–Kier alpha value is -0.0800. The lowest BCUT2D eigenvalue weighted by Gasteiger charge is -2.20. The third-order valence-electron chi connectivity index (χ3n) is 2.00. The van der Waals surface area contributed by atoms with Gasteiger partial charge in [0.1, 0.15) is 0 Å². The number of benzene rings is 1. The number of thioether (sulfide) groups is 2. The van der Waals surface area contributed by atoms with Crippen LogP contribution in [0.3, 0.4) is 0 Å². The summed E-state index contributed by atoms with van der Waals surface area (Å²) in [7, 11) is 0. The summed E-state index contributed by atoms with van der Waals surface area (Å²) in [6.07, 6.45) is 0. The molecule has 0 atom stereocenters. The molecular formula is C10H11S2. The summed E-state index contributed by atoms with van der Waals surface area (Å²) in [6, 6.07) is 10.8. The van der Waals surface area contributed by atoms with Crippen LogP contribution in [0.25, 0.3) is 0 Å². The van der Waals surface area contributed by atoms with E-state index in [1.165, 1.54) is 17.1 Å². The molecule has 0 nitrogen and oxygen atoms in total. The standard InChI is InChI=1S/C10H11S2/c1-2-4-9(5-3-1)10-6-11-8-12-7-10/h1-5,8,10H,6-7H2. The molecule has 1 aliphatic rings. The summed E-state index contributed by atoms with van der Waals surface area (Å²) in [5.41, 5.74) is 1.49. The minimum atomic E-state index is 0.756. The highest BCUT2D eigenvalue weighted by molar-refractivity contribution is 8.19. The molecule has 12 heavy (non-hydrogen) atoms. The van der Waals surface area contributed by atoms with Crippen molar-refractivity contribution < 1.29 is 0 Å². The van der Waals surface area contributed by atoms with Crippen molar-refractivity contribution in [1.29, 1.82) is 0 Å². The van der Waals surface area contributed by atoms with Gasteiger partial charge in [0.2, 0.25) is 0 Å². The van der Waals surface area contributed by atoms with Crippen molar-refractivity contribution in [2.24, 2.45) is 0 Å². The summed E-state index contributed by atoms with van der Waals surface area (Å²) in [5, 5.41) is 2.25. The second kappa shape index (κ2) is 4.24. The zero-order chi connectivity index (χ0) is 8.23. The highest BCUT2D eigenvalue weighted by atomic mass is 32.2. The molecule has 1 heterocycles. The fourth-order valence-corrected chi connectivity index (χ4v) is 3.57. The Balaban J connectivity index is 2.08. The Labute approximate surface area is 82.1 Å². The zero-order valence-electron chi connectivity index (χ0n) is 6.77. The van der Waals surface area contributed by atoms with Gasteiger partial charge in [0, 0.05) is 17.4 Å². The van der Waals surface area contributed by atoms with Crippen LogP contribution in [-0.4, -0.2) is 11.5 Å². The largest absolute Gasteiger partial charge is 0.145 e. The summed E-state index contributed by atoms with van der Waals surface area (Å²) in [4.78, 5) is 0. The molecular weight excluding hydrogens is 184 g/mol. The fraction of sp³-hybridized carbons (Fsp3) is 0.300. The van der Waals surface area contributed by atoms with Gasteiger partial charge in [-0.2, -0.15) is 0 Å². The predicted molar refractivity (Wildman–Crippen MR) is 58.4 cm³/mol. The molecule has 1 saturated heterocycles. The summed E-state index contributed by atoms with van der Waals surface area (Å²) >= 11 is 3.87. The van der Waals surface area contributed by atoms with Crippen LogP contribution in [0, 0.1) is 5.08 Å². The maximum atomic E-state index is 2.25. The van der Waals surface area contributed by atoms with Crippen LogP contribution < -0.4 is 0 Å². The molecule has 0 amide bonds. The first kappa shape index (κ1) is 8.52.